The van der Waals surface area contributed by atoms with Gasteiger partial charge in [0.05, 0.1) is 13.2 Å². The molecule has 0 heterocycles. The van der Waals surface area contributed by atoms with E-state index in [-0.39, 0.29) is 11.5 Å². The maximum Gasteiger partial charge on any atom is 0.204 e. The van der Waals surface area contributed by atoms with Crippen LogP contribution in [-0.4, -0.2) is 13.2 Å². The molecule has 2 aliphatic carbocycles. The van der Waals surface area contributed by atoms with Crippen molar-refractivity contribution < 1.29 is 18.3 Å². The Balaban J connectivity index is 1.45. The number of allylic oxidation sites excluding steroid dienone is 2. The smallest absolute Gasteiger partial charge is 0.204 e. The number of halogens is 2. The van der Waals surface area contributed by atoms with Crippen LogP contribution in [0.3, 0.4) is 0 Å². The summed E-state index contributed by atoms with van der Waals surface area (Å²) >= 11 is 0. The summed E-state index contributed by atoms with van der Waals surface area (Å²) in [5.74, 6) is 0.723. The fourth-order valence-corrected chi connectivity index (χ4v) is 4.79. The van der Waals surface area contributed by atoms with Crippen molar-refractivity contribution in [2.45, 2.75) is 65.2 Å². The standard InChI is InChI=1S/C24H34F2O2/c1-3-5-17-6-10-19(11-7-17)20-12-8-18(9-13-20)16-28-22-15-14-21(27-4-2)23(25)24(22)26/h6,10,14-15,17-20H,3-5,7-9,11-13,16H2,1-2H3. The molecule has 2 unspecified atom stereocenters. The van der Waals surface area contributed by atoms with E-state index in [9.17, 15) is 8.78 Å². The molecule has 156 valence electrons. The van der Waals surface area contributed by atoms with Crippen molar-refractivity contribution in [3.8, 4) is 11.5 Å². The summed E-state index contributed by atoms with van der Waals surface area (Å²) < 4.78 is 38.8. The minimum atomic E-state index is -0.964. The van der Waals surface area contributed by atoms with Crippen LogP contribution in [0.4, 0.5) is 8.78 Å². The molecule has 2 aliphatic rings. The Morgan fingerprint density at radius 3 is 2.11 bits per heavy atom. The van der Waals surface area contributed by atoms with Gasteiger partial charge in [0.15, 0.2) is 11.5 Å². The minimum Gasteiger partial charge on any atom is -0.491 e. The third-order valence-electron chi connectivity index (χ3n) is 6.44. The molecule has 2 atom stereocenters. The van der Waals surface area contributed by atoms with E-state index < -0.39 is 11.6 Å². The van der Waals surface area contributed by atoms with E-state index in [1.165, 1.54) is 50.7 Å². The van der Waals surface area contributed by atoms with Crippen molar-refractivity contribution in [2.24, 2.45) is 23.7 Å². The lowest BCUT2D eigenvalue weighted by atomic mass is 9.72. The zero-order valence-electron chi connectivity index (χ0n) is 17.3. The molecule has 1 fully saturated rings. The van der Waals surface area contributed by atoms with Gasteiger partial charge in [0.1, 0.15) is 0 Å². The van der Waals surface area contributed by atoms with E-state index in [0.717, 1.165) is 30.6 Å². The number of hydrogen-bond acceptors (Lipinski definition) is 2. The molecule has 1 aromatic carbocycles. The first-order chi connectivity index (χ1) is 13.6. The highest BCUT2D eigenvalue weighted by atomic mass is 19.2. The summed E-state index contributed by atoms with van der Waals surface area (Å²) in [7, 11) is 0. The molecule has 4 heteroatoms. The third-order valence-corrected chi connectivity index (χ3v) is 6.44. The van der Waals surface area contributed by atoms with Gasteiger partial charge in [-0.05, 0) is 87.7 Å². The summed E-state index contributed by atoms with van der Waals surface area (Å²) in [4.78, 5) is 0. The van der Waals surface area contributed by atoms with Crippen molar-refractivity contribution in [3.05, 3.63) is 35.9 Å². The van der Waals surface area contributed by atoms with E-state index in [0.29, 0.717) is 19.1 Å². The normalized spacial score (nSPS) is 27.6. The fraction of sp³-hybridized carbons (Fsp3) is 0.667. The number of ether oxygens (including phenoxy) is 2. The second-order valence-corrected chi connectivity index (χ2v) is 8.39. The average Bonchev–Trinajstić information content (AvgIpc) is 2.72. The molecular weight excluding hydrogens is 358 g/mol. The van der Waals surface area contributed by atoms with Gasteiger partial charge >= 0.3 is 0 Å². The van der Waals surface area contributed by atoms with Crippen LogP contribution in [0.5, 0.6) is 11.5 Å². The predicted octanol–water partition coefficient (Wildman–Crippen LogP) is 6.93. The molecule has 0 N–H and O–H groups in total. The molecular formula is C24H34F2O2. The van der Waals surface area contributed by atoms with Crippen molar-refractivity contribution >= 4 is 0 Å². The molecule has 0 spiro atoms. The Hall–Kier alpha value is -1.58. The summed E-state index contributed by atoms with van der Waals surface area (Å²) in [6.07, 6.45) is 14.8. The molecule has 1 saturated carbocycles. The van der Waals surface area contributed by atoms with E-state index in [1.54, 1.807) is 6.92 Å². The lowest BCUT2D eigenvalue weighted by molar-refractivity contribution is 0.154. The van der Waals surface area contributed by atoms with Gasteiger partial charge in [0.25, 0.3) is 0 Å². The highest BCUT2D eigenvalue weighted by Crippen LogP contribution is 2.39. The molecule has 0 amide bonds. The maximum atomic E-state index is 14.1. The van der Waals surface area contributed by atoms with Crippen LogP contribution >= 0.6 is 0 Å². The molecule has 0 radical (unpaired) electrons. The van der Waals surface area contributed by atoms with Gasteiger partial charge in [-0.1, -0.05) is 25.5 Å². The van der Waals surface area contributed by atoms with Crippen LogP contribution in [0.15, 0.2) is 24.3 Å². The summed E-state index contributed by atoms with van der Waals surface area (Å²) in [5.41, 5.74) is 0. The van der Waals surface area contributed by atoms with Gasteiger partial charge in [-0.3, -0.25) is 0 Å². The van der Waals surface area contributed by atoms with Crippen LogP contribution in [0, 0.1) is 35.3 Å². The lowest BCUT2D eigenvalue weighted by Crippen LogP contribution is -2.25. The predicted molar refractivity (Wildman–Crippen MR) is 109 cm³/mol. The average molecular weight is 393 g/mol. The summed E-state index contributed by atoms with van der Waals surface area (Å²) in [5, 5.41) is 0. The van der Waals surface area contributed by atoms with E-state index in [2.05, 4.69) is 19.1 Å². The van der Waals surface area contributed by atoms with Gasteiger partial charge < -0.3 is 9.47 Å². The summed E-state index contributed by atoms with van der Waals surface area (Å²) in [6.45, 7) is 4.76. The largest absolute Gasteiger partial charge is 0.491 e. The Kier molecular flexibility index (Phi) is 7.75. The van der Waals surface area contributed by atoms with Gasteiger partial charge in [-0.2, -0.15) is 8.78 Å². The van der Waals surface area contributed by atoms with E-state index in [4.69, 9.17) is 9.47 Å². The third kappa shape index (κ3) is 5.27. The SMILES string of the molecule is CCCC1C=CC(C2CCC(COc3ccc(OCC)c(F)c3F)CC2)CC1. The van der Waals surface area contributed by atoms with Gasteiger partial charge in [-0.15, -0.1) is 0 Å². The Morgan fingerprint density at radius 1 is 0.857 bits per heavy atom. The highest BCUT2D eigenvalue weighted by molar-refractivity contribution is 5.35. The zero-order valence-corrected chi connectivity index (χ0v) is 17.3. The van der Waals surface area contributed by atoms with Crippen molar-refractivity contribution in [2.75, 3.05) is 13.2 Å². The fourth-order valence-electron chi connectivity index (χ4n) is 4.79. The molecule has 3 rings (SSSR count). The molecule has 0 aromatic heterocycles. The van der Waals surface area contributed by atoms with E-state index >= 15 is 0 Å². The van der Waals surface area contributed by atoms with Crippen LogP contribution in [0.1, 0.15) is 65.2 Å². The van der Waals surface area contributed by atoms with Crippen LogP contribution < -0.4 is 9.47 Å². The number of hydrogen-bond donors (Lipinski definition) is 0. The molecule has 1 aromatic rings. The molecule has 0 bridgehead atoms. The minimum absolute atomic E-state index is 0.0137. The topological polar surface area (TPSA) is 18.5 Å². The Labute approximate surface area is 168 Å². The van der Waals surface area contributed by atoms with Crippen LogP contribution in [-0.2, 0) is 0 Å². The first kappa shape index (κ1) is 21.1. The van der Waals surface area contributed by atoms with Gasteiger partial charge in [-0.25, -0.2) is 0 Å². The number of rotatable bonds is 8. The molecule has 28 heavy (non-hydrogen) atoms. The number of benzene rings is 1. The second kappa shape index (κ2) is 10.3. The quantitative estimate of drug-likeness (QED) is 0.447. The van der Waals surface area contributed by atoms with Crippen LogP contribution in [0.25, 0.3) is 0 Å². The van der Waals surface area contributed by atoms with Crippen molar-refractivity contribution in [1.29, 1.82) is 0 Å². The first-order valence-corrected chi connectivity index (χ1v) is 11.0. The Morgan fingerprint density at radius 2 is 1.54 bits per heavy atom. The van der Waals surface area contributed by atoms with E-state index in [1.807, 2.05) is 0 Å². The van der Waals surface area contributed by atoms with Crippen molar-refractivity contribution in [3.63, 3.8) is 0 Å². The second-order valence-electron chi connectivity index (χ2n) is 8.39. The van der Waals surface area contributed by atoms with Gasteiger partial charge in [0, 0.05) is 0 Å². The monoisotopic (exact) mass is 392 g/mol. The Bertz CT molecular complexity index is 650. The highest BCUT2D eigenvalue weighted by Gasteiger charge is 2.28. The summed E-state index contributed by atoms with van der Waals surface area (Å²) in [6, 6.07) is 2.91. The lowest BCUT2D eigenvalue weighted by Gasteiger charge is -2.35. The maximum absolute atomic E-state index is 14.1. The first-order valence-electron chi connectivity index (χ1n) is 11.0. The van der Waals surface area contributed by atoms with Gasteiger partial charge in [0.2, 0.25) is 11.6 Å². The molecule has 0 saturated heterocycles. The zero-order chi connectivity index (χ0) is 19.9. The van der Waals surface area contributed by atoms with Crippen LogP contribution in [0.2, 0.25) is 0 Å². The van der Waals surface area contributed by atoms with Crippen molar-refractivity contribution in [1.82, 2.24) is 0 Å². The molecule has 0 aliphatic heterocycles. The molecule has 2 nitrogen and oxygen atoms in total.